The van der Waals surface area contributed by atoms with Crippen molar-refractivity contribution < 1.29 is 4.74 Å². The molecule has 0 radical (unpaired) electrons. The van der Waals surface area contributed by atoms with E-state index in [-0.39, 0.29) is 0 Å². The third-order valence-electron chi connectivity index (χ3n) is 3.92. The third kappa shape index (κ3) is 4.50. The van der Waals surface area contributed by atoms with Gasteiger partial charge in [-0.25, -0.2) is 4.98 Å². The van der Waals surface area contributed by atoms with Crippen LogP contribution in [0.1, 0.15) is 5.56 Å². The van der Waals surface area contributed by atoms with E-state index in [2.05, 4.69) is 20.6 Å². The molecule has 0 amide bonds. The van der Waals surface area contributed by atoms with Crippen LogP contribution >= 0.6 is 11.6 Å². The van der Waals surface area contributed by atoms with Gasteiger partial charge in [0.2, 0.25) is 5.95 Å². The first-order valence-electron chi connectivity index (χ1n) is 8.37. The summed E-state index contributed by atoms with van der Waals surface area (Å²) in [6, 6.07) is 17.7. The smallest absolute Gasteiger partial charge is 0.229 e. The van der Waals surface area contributed by atoms with E-state index in [1.54, 1.807) is 7.11 Å². The molecule has 0 unspecified atom stereocenters. The summed E-state index contributed by atoms with van der Waals surface area (Å²) >= 11 is 6.22. The Kier molecular flexibility index (Phi) is 6.04. The summed E-state index contributed by atoms with van der Waals surface area (Å²) in [5.74, 6) is 1.25. The summed E-state index contributed by atoms with van der Waals surface area (Å²) in [4.78, 5) is 9.23. The molecule has 0 spiro atoms. The molecule has 1 aromatic heterocycles. The fourth-order valence-electron chi connectivity index (χ4n) is 2.49. The number of nitrogens with zero attached hydrogens (tertiary/aromatic N) is 2. The summed E-state index contributed by atoms with van der Waals surface area (Å²) in [6.07, 6.45) is 0. The van der Waals surface area contributed by atoms with Crippen molar-refractivity contribution >= 4 is 29.1 Å². The minimum absolute atomic E-state index is 0.511. The van der Waals surface area contributed by atoms with Gasteiger partial charge >= 0.3 is 0 Å². The Hall–Kier alpha value is -2.63. The maximum Gasteiger partial charge on any atom is 0.229 e. The standard InChI is InChI=1S/C20H21ClN4O/c1-14-16(21)9-6-10-17(14)23-20-24-18(15-7-4-3-5-8-15)13-19(25-20)22-11-12-26-2/h3-10,13H,11-12H2,1-2H3,(H2,22,23,24,25). The quantitative estimate of drug-likeness (QED) is 0.580. The van der Waals surface area contributed by atoms with Crippen molar-refractivity contribution in [1.82, 2.24) is 9.97 Å². The highest BCUT2D eigenvalue weighted by Gasteiger charge is 2.09. The summed E-state index contributed by atoms with van der Waals surface area (Å²) in [7, 11) is 1.67. The number of rotatable bonds is 7. The number of hydrogen-bond donors (Lipinski definition) is 2. The van der Waals surface area contributed by atoms with Crippen LogP contribution in [0.3, 0.4) is 0 Å². The molecule has 0 atom stereocenters. The maximum atomic E-state index is 6.22. The number of nitrogens with one attached hydrogen (secondary N) is 2. The van der Waals surface area contributed by atoms with Gasteiger partial charge in [-0.1, -0.05) is 48.0 Å². The molecule has 0 saturated carbocycles. The SMILES string of the molecule is COCCNc1cc(-c2ccccc2)nc(Nc2cccc(Cl)c2C)n1. The Balaban J connectivity index is 1.95. The second-order valence-electron chi connectivity index (χ2n) is 5.79. The molecule has 0 fully saturated rings. The predicted molar refractivity (Wildman–Crippen MR) is 107 cm³/mol. The molecule has 0 aliphatic heterocycles. The number of ether oxygens (including phenoxy) is 1. The van der Waals surface area contributed by atoms with Gasteiger partial charge in [-0.2, -0.15) is 4.98 Å². The van der Waals surface area contributed by atoms with Gasteiger partial charge in [0.25, 0.3) is 0 Å². The number of benzene rings is 2. The Morgan fingerprint density at radius 2 is 1.85 bits per heavy atom. The highest BCUT2D eigenvalue weighted by Crippen LogP contribution is 2.27. The van der Waals surface area contributed by atoms with E-state index >= 15 is 0 Å². The molecular weight excluding hydrogens is 348 g/mol. The number of halogens is 1. The van der Waals surface area contributed by atoms with E-state index in [1.807, 2.05) is 61.5 Å². The Morgan fingerprint density at radius 1 is 1.04 bits per heavy atom. The van der Waals surface area contributed by atoms with Gasteiger partial charge in [0.1, 0.15) is 5.82 Å². The van der Waals surface area contributed by atoms with Gasteiger partial charge in [-0.05, 0) is 24.6 Å². The highest BCUT2D eigenvalue weighted by molar-refractivity contribution is 6.31. The van der Waals surface area contributed by atoms with Crippen LogP contribution in [0.2, 0.25) is 5.02 Å². The highest BCUT2D eigenvalue weighted by atomic mass is 35.5. The van der Waals surface area contributed by atoms with E-state index in [4.69, 9.17) is 16.3 Å². The van der Waals surface area contributed by atoms with Crippen molar-refractivity contribution in [2.24, 2.45) is 0 Å². The normalized spacial score (nSPS) is 10.6. The molecule has 0 saturated heterocycles. The van der Waals surface area contributed by atoms with Crippen molar-refractivity contribution in [3.05, 3.63) is 65.2 Å². The third-order valence-corrected chi connectivity index (χ3v) is 4.33. The van der Waals surface area contributed by atoms with Crippen LogP contribution in [0.15, 0.2) is 54.6 Å². The van der Waals surface area contributed by atoms with Crippen molar-refractivity contribution in [3.63, 3.8) is 0 Å². The summed E-state index contributed by atoms with van der Waals surface area (Å²) in [5.41, 5.74) is 3.69. The molecule has 3 aromatic rings. The molecule has 2 N–H and O–H groups in total. The molecular formula is C20H21ClN4O. The largest absolute Gasteiger partial charge is 0.383 e. The van der Waals surface area contributed by atoms with E-state index < -0.39 is 0 Å². The zero-order valence-electron chi connectivity index (χ0n) is 14.8. The first-order valence-corrected chi connectivity index (χ1v) is 8.74. The van der Waals surface area contributed by atoms with Gasteiger partial charge < -0.3 is 15.4 Å². The van der Waals surface area contributed by atoms with Gasteiger partial charge in [0, 0.05) is 36.0 Å². The Morgan fingerprint density at radius 3 is 2.62 bits per heavy atom. The first-order chi connectivity index (χ1) is 12.7. The molecule has 0 bridgehead atoms. The Bertz CT molecular complexity index is 871. The lowest BCUT2D eigenvalue weighted by Gasteiger charge is -2.13. The topological polar surface area (TPSA) is 59.1 Å². The van der Waals surface area contributed by atoms with Crippen LogP contribution in [0.25, 0.3) is 11.3 Å². The lowest BCUT2D eigenvalue weighted by Crippen LogP contribution is -2.10. The van der Waals surface area contributed by atoms with E-state index in [9.17, 15) is 0 Å². The monoisotopic (exact) mass is 368 g/mol. The van der Waals surface area contributed by atoms with Crippen molar-refractivity contribution in [1.29, 1.82) is 0 Å². The van der Waals surface area contributed by atoms with Crippen LogP contribution in [-0.4, -0.2) is 30.2 Å². The minimum atomic E-state index is 0.511. The second-order valence-corrected chi connectivity index (χ2v) is 6.19. The van der Waals surface area contributed by atoms with Gasteiger partial charge in [0.15, 0.2) is 0 Å². The zero-order valence-corrected chi connectivity index (χ0v) is 15.5. The predicted octanol–water partition coefficient (Wildman–Crippen LogP) is 4.91. The molecule has 1 heterocycles. The average molecular weight is 369 g/mol. The molecule has 3 rings (SSSR count). The molecule has 0 aliphatic rings. The molecule has 0 aliphatic carbocycles. The average Bonchev–Trinajstić information content (AvgIpc) is 2.66. The fraction of sp³-hybridized carbons (Fsp3) is 0.200. The summed E-state index contributed by atoms with van der Waals surface area (Å²) in [6.45, 7) is 3.22. The minimum Gasteiger partial charge on any atom is -0.383 e. The van der Waals surface area contributed by atoms with Crippen LogP contribution < -0.4 is 10.6 Å². The Labute approximate surface area is 158 Å². The lowest BCUT2D eigenvalue weighted by atomic mass is 10.1. The maximum absolute atomic E-state index is 6.22. The molecule has 5 nitrogen and oxygen atoms in total. The van der Waals surface area contributed by atoms with Gasteiger partial charge in [-0.15, -0.1) is 0 Å². The number of methoxy groups -OCH3 is 1. The lowest BCUT2D eigenvalue weighted by molar-refractivity contribution is 0.210. The second kappa shape index (κ2) is 8.65. The van der Waals surface area contributed by atoms with Crippen molar-refractivity contribution in [2.45, 2.75) is 6.92 Å². The molecule has 26 heavy (non-hydrogen) atoms. The van der Waals surface area contributed by atoms with Crippen molar-refractivity contribution in [3.8, 4) is 11.3 Å². The van der Waals surface area contributed by atoms with Gasteiger partial charge in [-0.3, -0.25) is 0 Å². The molecule has 6 heteroatoms. The van der Waals surface area contributed by atoms with E-state index in [0.717, 1.165) is 28.3 Å². The zero-order chi connectivity index (χ0) is 18.4. The molecule has 2 aromatic carbocycles. The molecule has 134 valence electrons. The number of anilines is 3. The number of aromatic nitrogens is 2. The van der Waals surface area contributed by atoms with Crippen molar-refractivity contribution in [2.75, 3.05) is 30.9 Å². The summed E-state index contributed by atoms with van der Waals surface area (Å²) in [5, 5.41) is 7.24. The van der Waals surface area contributed by atoms with Crippen LogP contribution in [-0.2, 0) is 4.74 Å². The summed E-state index contributed by atoms with van der Waals surface area (Å²) < 4.78 is 5.10. The fourth-order valence-corrected chi connectivity index (χ4v) is 2.67. The van der Waals surface area contributed by atoms with Gasteiger partial charge in [0.05, 0.1) is 12.3 Å². The van der Waals surface area contributed by atoms with Crippen LogP contribution in [0.4, 0.5) is 17.5 Å². The van der Waals surface area contributed by atoms with Crippen LogP contribution in [0, 0.1) is 6.92 Å². The van der Waals surface area contributed by atoms with E-state index in [1.165, 1.54) is 0 Å². The van der Waals surface area contributed by atoms with Crippen LogP contribution in [0.5, 0.6) is 0 Å². The number of hydrogen-bond acceptors (Lipinski definition) is 5. The first kappa shape index (κ1) is 18.2. The van der Waals surface area contributed by atoms with E-state index in [0.29, 0.717) is 24.1 Å².